The van der Waals surface area contributed by atoms with Crippen LogP contribution >= 0.6 is 11.3 Å². The van der Waals surface area contributed by atoms with Gasteiger partial charge in [0.15, 0.2) is 15.5 Å². The van der Waals surface area contributed by atoms with Crippen molar-refractivity contribution in [3.63, 3.8) is 0 Å². The number of aryl methyl sites for hydroxylation is 1. The Morgan fingerprint density at radius 3 is 2.89 bits per heavy atom. The number of fused-ring (bicyclic) bond motifs is 2. The second-order valence-corrected chi connectivity index (χ2v) is 10.5. The van der Waals surface area contributed by atoms with Crippen molar-refractivity contribution in [1.82, 2.24) is 14.8 Å². The highest BCUT2D eigenvalue weighted by molar-refractivity contribution is 7.91. The first kappa shape index (κ1) is 17.8. The molecular weight excluding hydrogens is 398 g/mol. The number of pyridine rings is 1. The van der Waals surface area contributed by atoms with Crippen LogP contribution in [0.15, 0.2) is 17.5 Å². The number of methoxy groups -OCH3 is 1. The van der Waals surface area contributed by atoms with E-state index in [0.29, 0.717) is 28.7 Å². The van der Waals surface area contributed by atoms with Crippen molar-refractivity contribution in [2.45, 2.75) is 31.7 Å². The van der Waals surface area contributed by atoms with Gasteiger partial charge >= 0.3 is 5.97 Å². The molecular formula is C19H19N3O4S2. The smallest absolute Gasteiger partial charge is 0.339 e. The summed E-state index contributed by atoms with van der Waals surface area (Å²) in [7, 11) is -1.69. The minimum absolute atomic E-state index is 0.0555. The number of thiophene rings is 1. The van der Waals surface area contributed by atoms with Crippen molar-refractivity contribution in [3.8, 4) is 10.6 Å². The zero-order valence-electron chi connectivity index (χ0n) is 15.3. The van der Waals surface area contributed by atoms with Crippen LogP contribution in [0.1, 0.15) is 40.5 Å². The van der Waals surface area contributed by atoms with Gasteiger partial charge < -0.3 is 4.74 Å². The van der Waals surface area contributed by atoms with Crippen LogP contribution in [-0.4, -0.2) is 47.8 Å². The molecule has 9 heteroatoms. The fourth-order valence-electron chi connectivity index (χ4n) is 4.30. The quantitative estimate of drug-likeness (QED) is 0.609. The molecule has 146 valence electrons. The van der Waals surface area contributed by atoms with Crippen molar-refractivity contribution in [2.24, 2.45) is 0 Å². The molecule has 1 fully saturated rings. The van der Waals surface area contributed by atoms with Gasteiger partial charge in [-0.3, -0.25) is 0 Å². The molecule has 0 spiro atoms. The van der Waals surface area contributed by atoms with E-state index in [1.54, 1.807) is 4.68 Å². The van der Waals surface area contributed by atoms with E-state index in [9.17, 15) is 13.2 Å². The van der Waals surface area contributed by atoms with Crippen molar-refractivity contribution >= 4 is 38.2 Å². The van der Waals surface area contributed by atoms with Gasteiger partial charge in [0.2, 0.25) is 0 Å². The van der Waals surface area contributed by atoms with E-state index >= 15 is 0 Å². The average molecular weight is 418 g/mol. The lowest BCUT2D eigenvalue weighted by atomic mass is 10.0. The molecule has 0 saturated carbocycles. The molecule has 1 saturated heterocycles. The maximum Gasteiger partial charge on any atom is 0.339 e. The first-order valence-corrected chi connectivity index (χ1v) is 11.9. The molecule has 2 aliphatic rings. The van der Waals surface area contributed by atoms with Gasteiger partial charge in [0, 0.05) is 5.69 Å². The number of sulfone groups is 1. The number of aromatic nitrogens is 3. The van der Waals surface area contributed by atoms with Gasteiger partial charge in [-0.15, -0.1) is 11.3 Å². The summed E-state index contributed by atoms with van der Waals surface area (Å²) in [5.41, 5.74) is 3.64. The SMILES string of the molecule is COC(=O)c1c2c(nc3c1c(-c1cccs1)nn3[C@H]1CCS(=O)(=O)C1)CCC2. The Morgan fingerprint density at radius 2 is 2.21 bits per heavy atom. The third-order valence-electron chi connectivity index (χ3n) is 5.56. The third-order valence-corrected chi connectivity index (χ3v) is 8.19. The number of ether oxygens (including phenoxy) is 1. The highest BCUT2D eigenvalue weighted by atomic mass is 32.2. The summed E-state index contributed by atoms with van der Waals surface area (Å²) in [6.07, 6.45) is 3.04. The van der Waals surface area contributed by atoms with Crippen LogP contribution in [0, 0.1) is 0 Å². The minimum Gasteiger partial charge on any atom is -0.465 e. The van der Waals surface area contributed by atoms with Crippen LogP contribution in [0.25, 0.3) is 21.6 Å². The number of rotatable bonds is 3. The van der Waals surface area contributed by atoms with Crippen LogP contribution in [0.3, 0.4) is 0 Å². The lowest BCUT2D eigenvalue weighted by molar-refractivity contribution is 0.0601. The zero-order valence-corrected chi connectivity index (χ0v) is 17.0. The second-order valence-electron chi connectivity index (χ2n) is 7.28. The lowest BCUT2D eigenvalue weighted by Gasteiger charge is -2.12. The first-order chi connectivity index (χ1) is 13.5. The van der Waals surface area contributed by atoms with Crippen LogP contribution < -0.4 is 0 Å². The molecule has 1 aliphatic carbocycles. The maximum atomic E-state index is 12.8. The topological polar surface area (TPSA) is 91.2 Å². The minimum atomic E-state index is -3.08. The monoisotopic (exact) mass is 417 g/mol. The molecule has 7 nitrogen and oxygen atoms in total. The Balaban J connectivity index is 1.84. The van der Waals surface area contributed by atoms with Crippen LogP contribution in [0.5, 0.6) is 0 Å². The largest absolute Gasteiger partial charge is 0.465 e. The average Bonchev–Trinajstić information content (AvgIpc) is 3.44. The molecule has 0 bridgehead atoms. The molecule has 0 aromatic carbocycles. The van der Waals surface area contributed by atoms with Gasteiger partial charge in [-0.25, -0.2) is 22.9 Å². The molecule has 3 aromatic rings. The number of hydrogen-bond donors (Lipinski definition) is 0. The van der Waals surface area contributed by atoms with E-state index in [2.05, 4.69) is 0 Å². The number of nitrogens with zero attached hydrogens (tertiary/aromatic N) is 3. The van der Waals surface area contributed by atoms with Gasteiger partial charge in [0.05, 0.1) is 40.5 Å². The summed E-state index contributed by atoms with van der Waals surface area (Å²) in [6.45, 7) is 0. The predicted molar refractivity (Wildman–Crippen MR) is 107 cm³/mol. The Bertz CT molecular complexity index is 1200. The second kappa shape index (κ2) is 6.38. The normalized spacial score (nSPS) is 20.5. The number of carbonyl (C=O) groups is 1. The predicted octanol–water partition coefficient (Wildman–Crippen LogP) is 2.79. The maximum absolute atomic E-state index is 12.8. The van der Waals surface area contributed by atoms with E-state index < -0.39 is 9.84 Å². The van der Waals surface area contributed by atoms with E-state index in [0.717, 1.165) is 35.4 Å². The van der Waals surface area contributed by atoms with E-state index in [1.807, 2.05) is 17.5 Å². The number of hydrogen-bond acceptors (Lipinski definition) is 7. The van der Waals surface area contributed by atoms with E-state index in [-0.39, 0.29) is 23.5 Å². The molecule has 28 heavy (non-hydrogen) atoms. The van der Waals surface area contributed by atoms with E-state index in [1.165, 1.54) is 18.4 Å². The molecule has 4 heterocycles. The van der Waals surface area contributed by atoms with Crippen molar-refractivity contribution < 1.29 is 17.9 Å². The Kier molecular flexibility index (Phi) is 4.06. The van der Waals surface area contributed by atoms with Gasteiger partial charge in [0.1, 0.15) is 5.69 Å². The Labute approximate surface area is 166 Å². The molecule has 1 atom stereocenters. The zero-order chi connectivity index (χ0) is 19.5. The Hall–Kier alpha value is -2.26. The van der Waals surface area contributed by atoms with Crippen molar-refractivity contribution in [2.75, 3.05) is 18.6 Å². The van der Waals surface area contributed by atoms with Crippen LogP contribution in [-0.2, 0) is 27.4 Å². The number of carbonyl (C=O) groups excluding carboxylic acids is 1. The summed E-state index contributed by atoms with van der Waals surface area (Å²) < 4.78 is 31.0. The van der Waals surface area contributed by atoms with Crippen molar-refractivity contribution in [3.05, 3.63) is 34.3 Å². The summed E-state index contributed by atoms with van der Waals surface area (Å²) >= 11 is 1.53. The Morgan fingerprint density at radius 1 is 1.36 bits per heavy atom. The number of esters is 1. The fraction of sp³-hybridized carbons (Fsp3) is 0.421. The summed E-state index contributed by atoms with van der Waals surface area (Å²) in [6, 6.07) is 3.62. The molecule has 0 amide bonds. The highest BCUT2D eigenvalue weighted by Gasteiger charge is 2.35. The lowest BCUT2D eigenvalue weighted by Crippen LogP contribution is -2.14. The summed E-state index contributed by atoms with van der Waals surface area (Å²) in [5.74, 6) is -0.177. The molecule has 0 radical (unpaired) electrons. The molecule has 3 aromatic heterocycles. The van der Waals surface area contributed by atoms with Gasteiger partial charge in [-0.05, 0) is 42.7 Å². The highest BCUT2D eigenvalue weighted by Crippen LogP contribution is 2.39. The van der Waals surface area contributed by atoms with E-state index in [4.69, 9.17) is 14.8 Å². The van der Waals surface area contributed by atoms with Gasteiger partial charge in [-0.2, -0.15) is 5.10 Å². The summed E-state index contributed by atoms with van der Waals surface area (Å²) in [5, 5.41) is 7.43. The molecule has 0 unspecified atom stereocenters. The fourth-order valence-corrected chi connectivity index (χ4v) is 6.71. The molecule has 5 rings (SSSR count). The third kappa shape index (κ3) is 2.68. The summed E-state index contributed by atoms with van der Waals surface area (Å²) in [4.78, 5) is 18.5. The van der Waals surface area contributed by atoms with Crippen LogP contribution in [0.2, 0.25) is 0 Å². The standard InChI is InChI=1S/C19H19N3O4S2/c1-26-19(23)15-12-4-2-5-13(12)20-18-16(15)17(14-6-3-8-27-14)21-22(18)11-7-9-28(24,25)10-11/h3,6,8,11H,2,4-5,7,9-10H2,1H3/t11-/m0/s1. The molecule has 0 N–H and O–H groups in total. The van der Waals surface area contributed by atoms with Gasteiger partial charge in [-0.1, -0.05) is 6.07 Å². The first-order valence-electron chi connectivity index (χ1n) is 9.25. The van der Waals surface area contributed by atoms with Gasteiger partial charge in [0.25, 0.3) is 0 Å². The van der Waals surface area contributed by atoms with Crippen LogP contribution in [0.4, 0.5) is 0 Å². The molecule has 1 aliphatic heterocycles. The van der Waals surface area contributed by atoms with Crippen molar-refractivity contribution in [1.29, 1.82) is 0 Å².